The molecule has 102 valence electrons. The molecule has 1 heterocycles. The molecule has 2 aromatic rings. The van der Waals surface area contributed by atoms with Gasteiger partial charge in [0.1, 0.15) is 5.69 Å². The van der Waals surface area contributed by atoms with E-state index < -0.39 is 6.10 Å². The Balaban J connectivity index is 1.90. The number of aryl methyl sites for hydroxylation is 1. The molecule has 0 amide bonds. The van der Waals surface area contributed by atoms with Crippen molar-refractivity contribution in [3.05, 3.63) is 40.1 Å². The van der Waals surface area contributed by atoms with Crippen LogP contribution in [0.1, 0.15) is 18.7 Å². The van der Waals surface area contributed by atoms with E-state index in [0.717, 1.165) is 10.6 Å². The molecule has 0 aliphatic carbocycles. The Labute approximate surface area is 125 Å². The number of thioether (sulfide) groups is 1. The van der Waals surface area contributed by atoms with Crippen LogP contribution in [0.4, 0.5) is 0 Å². The number of aliphatic hydroxyl groups is 1. The van der Waals surface area contributed by atoms with Crippen molar-refractivity contribution < 1.29 is 5.11 Å². The number of halogens is 2. The third kappa shape index (κ3) is 4.11. The first-order chi connectivity index (χ1) is 9.06. The lowest BCUT2D eigenvalue weighted by molar-refractivity contribution is 0.194. The minimum Gasteiger partial charge on any atom is -0.387 e. The molecule has 1 aromatic heterocycles. The number of aliphatic hydroxyl groups excluding tert-OH is 1. The third-order valence-electron chi connectivity index (χ3n) is 2.46. The second-order valence-electron chi connectivity index (χ2n) is 4.01. The van der Waals surface area contributed by atoms with Crippen LogP contribution in [0, 0.1) is 0 Å². The van der Waals surface area contributed by atoms with E-state index >= 15 is 0 Å². The molecular weight excluding hydrogens is 305 g/mol. The highest BCUT2D eigenvalue weighted by Gasteiger charge is 2.07. The zero-order valence-corrected chi connectivity index (χ0v) is 12.6. The van der Waals surface area contributed by atoms with E-state index in [2.05, 4.69) is 10.3 Å². The fraction of sp³-hybridized carbons (Fsp3) is 0.333. The second-order valence-corrected chi connectivity index (χ2v) is 5.99. The summed E-state index contributed by atoms with van der Waals surface area (Å²) in [7, 11) is 0. The van der Waals surface area contributed by atoms with Crippen molar-refractivity contribution in [2.75, 3.05) is 5.75 Å². The number of hydrogen-bond acceptors (Lipinski definition) is 4. The van der Waals surface area contributed by atoms with Gasteiger partial charge < -0.3 is 5.11 Å². The number of benzene rings is 1. The van der Waals surface area contributed by atoms with Crippen LogP contribution in [-0.2, 0) is 6.54 Å². The topological polar surface area (TPSA) is 50.9 Å². The molecule has 0 fully saturated rings. The maximum absolute atomic E-state index is 9.35. The minimum absolute atomic E-state index is 0.575. The third-order valence-corrected chi connectivity index (χ3v) is 4.17. The van der Waals surface area contributed by atoms with Gasteiger partial charge in [-0.05, 0) is 25.1 Å². The molecule has 7 heteroatoms. The Hall–Kier alpha value is -0.750. The van der Waals surface area contributed by atoms with Crippen molar-refractivity contribution in [1.82, 2.24) is 15.0 Å². The van der Waals surface area contributed by atoms with Crippen molar-refractivity contribution in [2.24, 2.45) is 0 Å². The normalized spacial score (nSPS) is 12.6. The van der Waals surface area contributed by atoms with Gasteiger partial charge in [-0.15, -0.1) is 16.9 Å². The molecule has 1 N–H and O–H groups in total. The summed E-state index contributed by atoms with van der Waals surface area (Å²) < 4.78 is 1.70. The fourth-order valence-electron chi connectivity index (χ4n) is 1.45. The number of hydrogen-bond donors (Lipinski definition) is 1. The molecule has 0 saturated heterocycles. The molecule has 1 atom stereocenters. The predicted molar refractivity (Wildman–Crippen MR) is 77.8 cm³/mol. The van der Waals surface area contributed by atoms with Gasteiger partial charge in [-0.25, -0.2) is 0 Å². The molecule has 0 aliphatic heterocycles. The molecule has 1 aromatic carbocycles. The molecule has 4 nitrogen and oxygen atoms in total. The first-order valence-electron chi connectivity index (χ1n) is 5.72. The van der Waals surface area contributed by atoms with Crippen molar-refractivity contribution in [3.63, 3.8) is 0 Å². The van der Waals surface area contributed by atoms with E-state index in [1.165, 1.54) is 0 Å². The Kier molecular flexibility index (Phi) is 5.10. The average Bonchev–Trinajstić information content (AvgIpc) is 2.82. The standard InChI is InChI=1S/C12H13Cl2N3OS/c1-8(18)11-7-17(16-15-11)4-5-19-12-6-9(13)2-3-10(12)14/h2-3,6-8,18H,4-5H2,1H3. The van der Waals surface area contributed by atoms with Crippen LogP contribution in [0.15, 0.2) is 29.3 Å². The Bertz CT molecular complexity index is 560. The van der Waals surface area contributed by atoms with Gasteiger partial charge in [-0.1, -0.05) is 28.4 Å². The van der Waals surface area contributed by atoms with Crippen molar-refractivity contribution >= 4 is 35.0 Å². The molecule has 0 spiro atoms. The molecule has 0 bridgehead atoms. The minimum atomic E-state index is -0.594. The molecule has 0 radical (unpaired) electrons. The smallest absolute Gasteiger partial charge is 0.111 e. The summed E-state index contributed by atoms with van der Waals surface area (Å²) in [6.07, 6.45) is 1.15. The van der Waals surface area contributed by atoms with E-state index in [4.69, 9.17) is 23.2 Å². The summed E-state index contributed by atoms with van der Waals surface area (Å²) in [5.74, 6) is 0.794. The van der Waals surface area contributed by atoms with Gasteiger partial charge in [0.2, 0.25) is 0 Å². The van der Waals surface area contributed by atoms with Crippen LogP contribution in [0.25, 0.3) is 0 Å². The quantitative estimate of drug-likeness (QED) is 0.858. The molecule has 0 saturated carbocycles. The van der Waals surface area contributed by atoms with E-state index in [0.29, 0.717) is 22.3 Å². The first kappa shape index (κ1) is 14.7. The summed E-state index contributed by atoms with van der Waals surface area (Å²) in [6, 6.07) is 5.39. The highest BCUT2D eigenvalue weighted by Crippen LogP contribution is 2.29. The average molecular weight is 318 g/mol. The largest absolute Gasteiger partial charge is 0.387 e. The van der Waals surface area contributed by atoms with E-state index in [1.807, 2.05) is 6.07 Å². The zero-order chi connectivity index (χ0) is 13.8. The van der Waals surface area contributed by atoms with Crippen LogP contribution in [-0.4, -0.2) is 25.9 Å². The number of nitrogens with zero attached hydrogens (tertiary/aromatic N) is 3. The predicted octanol–water partition coefficient (Wildman–Crippen LogP) is 3.43. The van der Waals surface area contributed by atoms with E-state index in [9.17, 15) is 5.11 Å². The monoisotopic (exact) mass is 317 g/mol. The first-order valence-corrected chi connectivity index (χ1v) is 7.46. The number of rotatable bonds is 5. The van der Waals surface area contributed by atoms with Crippen molar-refractivity contribution in [3.8, 4) is 0 Å². The summed E-state index contributed by atoms with van der Waals surface area (Å²) >= 11 is 13.6. The van der Waals surface area contributed by atoms with Gasteiger partial charge in [0.25, 0.3) is 0 Å². The highest BCUT2D eigenvalue weighted by molar-refractivity contribution is 7.99. The lowest BCUT2D eigenvalue weighted by Gasteiger charge is -2.04. The Morgan fingerprint density at radius 2 is 2.21 bits per heavy atom. The van der Waals surface area contributed by atoms with Gasteiger partial charge in [-0.3, -0.25) is 4.68 Å². The van der Waals surface area contributed by atoms with E-state index in [-0.39, 0.29) is 0 Å². The molecule has 1 unspecified atom stereocenters. The van der Waals surface area contributed by atoms with Gasteiger partial charge in [0, 0.05) is 15.7 Å². The Morgan fingerprint density at radius 1 is 1.42 bits per heavy atom. The lowest BCUT2D eigenvalue weighted by atomic mass is 10.3. The summed E-state index contributed by atoms with van der Waals surface area (Å²) in [4.78, 5) is 0.949. The van der Waals surface area contributed by atoms with Gasteiger partial charge in [0.05, 0.1) is 23.9 Å². The van der Waals surface area contributed by atoms with Crippen molar-refractivity contribution in [1.29, 1.82) is 0 Å². The summed E-state index contributed by atoms with van der Waals surface area (Å²) in [5.41, 5.74) is 0.575. The lowest BCUT2D eigenvalue weighted by Crippen LogP contribution is -2.01. The number of aromatic nitrogens is 3. The Morgan fingerprint density at radius 3 is 2.89 bits per heavy atom. The van der Waals surface area contributed by atoms with Crippen molar-refractivity contribution in [2.45, 2.75) is 24.5 Å². The van der Waals surface area contributed by atoms with Crippen LogP contribution < -0.4 is 0 Å². The maximum Gasteiger partial charge on any atom is 0.111 e. The SMILES string of the molecule is CC(O)c1cn(CCSc2cc(Cl)ccc2Cl)nn1. The summed E-state index contributed by atoms with van der Waals surface area (Å²) in [5, 5.41) is 18.5. The van der Waals surface area contributed by atoms with Gasteiger partial charge >= 0.3 is 0 Å². The molecule has 2 rings (SSSR count). The fourth-order valence-corrected chi connectivity index (χ4v) is 2.88. The van der Waals surface area contributed by atoms with E-state index in [1.54, 1.807) is 41.7 Å². The van der Waals surface area contributed by atoms with Crippen LogP contribution in [0.2, 0.25) is 10.0 Å². The van der Waals surface area contributed by atoms with Gasteiger partial charge in [0.15, 0.2) is 0 Å². The van der Waals surface area contributed by atoms with Crippen LogP contribution in [0.3, 0.4) is 0 Å². The molecule has 0 aliphatic rings. The highest BCUT2D eigenvalue weighted by atomic mass is 35.5. The van der Waals surface area contributed by atoms with Crippen LogP contribution in [0.5, 0.6) is 0 Å². The molecular formula is C12H13Cl2N3OS. The zero-order valence-electron chi connectivity index (χ0n) is 10.3. The molecule has 19 heavy (non-hydrogen) atoms. The maximum atomic E-state index is 9.35. The summed E-state index contributed by atoms with van der Waals surface area (Å²) in [6.45, 7) is 2.35. The van der Waals surface area contributed by atoms with Gasteiger partial charge in [-0.2, -0.15) is 0 Å². The van der Waals surface area contributed by atoms with Crippen LogP contribution >= 0.6 is 35.0 Å². The second kappa shape index (κ2) is 6.61.